The monoisotopic (exact) mass is 452 g/mol. The van der Waals surface area contributed by atoms with Gasteiger partial charge < -0.3 is 24.4 Å². The van der Waals surface area contributed by atoms with Crippen LogP contribution in [-0.4, -0.2) is 50.1 Å². The van der Waals surface area contributed by atoms with E-state index in [1.807, 2.05) is 37.3 Å². The molecule has 0 unspecified atom stereocenters. The van der Waals surface area contributed by atoms with Crippen molar-refractivity contribution in [3.05, 3.63) is 65.7 Å². The molecule has 1 heterocycles. The zero-order chi connectivity index (χ0) is 24.0. The minimum Gasteiger partial charge on any atom is -0.497 e. The quantitative estimate of drug-likeness (QED) is 0.709. The number of fused-ring (bicyclic) bond motifs is 1. The Morgan fingerprint density at radius 1 is 1.00 bits per heavy atom. The van der Waals surface area contributed by atoms with E-state index in [1.54, 1.807) is 52.5 Å². The number of carbonyl (C=O) groups excluding carboxylic acids is 2. The highest BCUT2D eigenvalue weighted by Crippen LogP contribution is 2.32. The first-order valence-corrected chi connectivity index (χ1v) is 11.1. The van der Waals surface area contributed by atoms with Crippen LogP contribution in [0.4, 0.5) is 0 Å². The highest BCUT2D eigenvalue weighted by molar-refractivity contribution is 5.99. The van der Waals surface area contributed by atoms with Crippen LogP contribution in [0.5, 0.6) is 17.2 Å². The van der Waals surface area contributed by atoms with Crippen LogP contribution in [0.1, 0.15) is 48.7 Å². The van der Waals surface area contributed by atoms with E-state index < -0.39 is 6.04 Å². The molecule has 176 valence electrons. The number of rotatable bonds is 3. The number of nitrogens with zero attached hydrogens (tertiary/aromatic N) is 1. The number of hydrogen-bond donors (Lipinski definition) is 1. The van der Waals surface area contributed by atoms with Gasteiger partial charge in [-0.05, 0) is 44.5 Å². The van der Waals surface area contributed by atoms with Gasteiger partial charge in [0.1, 0.15) is 23.3 Å². The second kappa shape index (κ2) is 10.9. The van der Waals surface area contributed by atoms with E-state index in [4.69, 9.17) is 14.2 Å². The Labute approximate surface area is 195 Å². The summed E-state index contributed by atoms with van der Waals surface area (Å²) in [5.41, 5.74) is 1.26. The van der Waals surface area contributed by atoms with Gasteiger partial charge in [-0.3, -0.25) is 9.59 Å². The number of para-hydroxylation sites is 1. The van der Waals surface area contributed by atoms with Gasteiger partial charge in [0.15, 0.2) is 0 Å². The summed E-state index contributed by atoms with van der Waals surface area (Å²) in [6.07, 6.45) is 5.17. The molecule has 2 amide bonds. The molecule has 1 N–H and O–H groups in total. The molecule has 3 atom stereocenters. The van der Waals surface area contributed by atoms with Gasteiger partial charge in [-0.2, -0.15) is 0 Å². The van der Waals surface area contributed by atoms with Gasteiger partial charge in [-0.25, -0.2) is 0 Å². The van der Waals surface area contributed by atoms with Crippen molar-refractivity contribution < 1.29 is 23.8 Å². The van der Waals surface area contributed by atoms with E-state index in [-0.39, 0.29) is 24.0 Å². The predicted molar refractivity (Wildman–Crippen MR) is 127 cm³/mol. The lowest BCUT2D eigenvalue weighted by molar-refractivity contribution is -0.125. The van der Waals surface area contributed by atoms with Crippen LogP contribution in [-0.2, 0) is 4.79 Å². The fraction of sp³-hybridized carbons (Fsp3) is 0.385. The van der Waals surface area contributed by atoms with Crippen molar-refractivity contribution in [2.45, 2.75) is 44.9 Å². The Kier molecular flexibility index (Phi) is 7.98. The lowest BCUT2D eigenvalue weighted by atomic mass is 10.0. The van der Waals surface area contributed by atoms with E-state index in [9.17, 15) is 9.59 Å². The first-order chi connectivity index (χ1) is 15.8. The van der Waals surface area contributed by atoms with E-state index in [0.717, 1.165) is 5.56 Å². The maximum absolute atomic E-state index is 13.2. The van der Waals surface area contributed by atoms with Crippen LogP contribution < -0.4 is 19.5 Å². The predicted octanol–water partition coefficient (Wildman–Crippen LogP) is 4.14. The third-order valence-electron chi connectivity index (χ3n) is 5.87. The van der Waals surface area contributed by atoms with Gasteiger partial charge in [0, 0.05) is 25.1 Å². The SMILES string of the molecule is COc1ccc([C@@H]2C/C=C\C[C@H](C)Oc3ccccc3C(=O)N(C)[C@@H](C)C(=O)N2)c(OC)c1. The second-order valence-corrected chi connectivity index (χ2v) is 8.13. The molecule has 0 saturated carbocycles. The summed E-state index contributed by atoms with van der Waals surface area (Å²) >= 11 is 0. The van der Waals surface area contributed by atoms with Gasteiger partial charge in [-0.15, -0.1) is 0 Å². The van der Waals surface area contributed by atoms with Crippen LogP contribution in [0.3, 0.4) is 0 Å². The summed E-state index contributed by atoms with van der Waals surface area (Å²) in [7, 11) is 4.81. The number of methoxy groups -OCH3 is 2. The Hall–Kier alpha value is -3.48. The Morgan fingerprint density at radius 3 is 2.45 bits per heavy atom. The number of benzene rings is 2. The van der Waals surface area contributed by atoms with Gasteiger partial charge in [0.2, 0.25) is 5.91 Å². The molecule has 7 heteroatoms. The molecular weight excluding hydrogens is 420 g/mol. The number of ether oxygens (including phenoxy) is 3. The Bertz CT molecular complexity index is 1020. The van der Waals surface area contributed by atoms with Crippen LogP contribution in [0.2, 0.25) is 0 Å². The first-order valence-electron chi connectivity index (χ1n) is 11.1. The van der Waals surface area contributed by atoms with Crippen LogP contribution in [0.15, 0.2) is 54.6 Å². The summed E-state index contributed by atoms with van der Waals surface area (Å²) in [6.45, 7) is 3.68. The third kappa shape index (κ3) is 5.66. The molecule has 0 saturated heterocycles. The fourth-order valence-electron chi connectivity index (χ4n) is 3.74. The average molecular weight is 453 g/mol. The molecular formula is C26H32N2O5. The summed E-state index contributed by atoms with van der Waals surface area (Å²) in [5, 5.41) is 3.10. The highest BCUT2D eigenvalue weighted by Gasteiger charge is 2.28. The maximum Gasteiger partial charge on any atom is 0.258 e. The van der Waals surface area contributed by atoms with Crippen molar-refractivity contribution in [2.75, 3.05) is 21.3 Å². The average Bonchev–Trinajstić information content (AvgIpc) is 2.83. The van der Waals surface area contributed by atoms with Gasteiger partial charge >= 0.3 is 0 Å². The van der Waals surface area contributed by atoms with E-state index in [1.165, 1.54) is 4.90 Å². The molecule has 3 rings (SSSR count). The topological polar surface area (TPSA) is 77.1 Å². The summed E-state index contributed by atoms with van der Waals surface area (Å²) < 4.78 is 16.9. The summed E-state index contributed by atoms with van der Waals surface area (Å²) in [4.78, 5) is 27.8. The van der Waals surface area contributed by atoms with Crippen molar-refractivity contribution in [1.29, 1.82) is 0 Å². The zero-order valence-corrected chi connectivity index (χ0v) is 19.8. The van der Waals surface area contributed by atoms with Gasteiger partial charge in [0.05, 0.1) is 31.9 Å². The molecule has 1 aliphatic heterocycles. The first kappa shape index (κ1) is 24.2. The molecule has 0 spiro atoms. The Morgan fingerprint density at radius 2 is 1.73 bits per heavy atom. The molecule has 0 fully saturated rings. The molecule has 0 aromatic heterocycles. The second-order valence-electron chi connectivity index (χ2n) is 8.13. The maximum atomic E-state index is 13.2. The van der Waals surface area contributed by atoms with Crippen molar-refractivity contribution in [3.63, 3.8) is 0 Å². The van der Waals surface area contributed by atoms with Gasteiger partial charge in [0.25, 0.3) is 5.91 Å². The van der Waals surface area contributed by atoms with Crippen molar-refractivity contribution in [3.8, 4) is 17.2 Å². The van der Waals surface area contributed by atoms with E-state index >= 15 is 0 Å². The van der Waals surface area contributed by atoms with Crippen molar-refractivity contribution >= 4 is 11.8 Å². The number of likely N-dealkylation sites (N-methyl/N-ethyl adjacent to an activating group) is 1. The minimum absolute atomic E-state index is 0.121. The molecule has 0 bridgehead atoms. The lowest BCUT2D eigenvalue weighted by Gasteiger charge is -2.28. The van der Waals surface area contributed by atoms with E-state index in [2.05, 4.69) is 5.32 Å². The molecule has 0 aliphatic carbocycles. The number of carbonyl (C=O) groups is 2. The van der Waals surface area contributed by atoms with Crippen molar-refractivity contribution in [1.82, 2.24) is 10.2 Å². The third-order valence-corrected chi connectivity index (χ3v) is 5.87. The lowest BCUT2D eigenvalue weighted by Crippen LogP contribution is -2.47. The normalized spacial score (nSPS) is 22.9. The number of amides is 2. The number of hydrogen-bond acceptors (Lipinski definition) is 5. The molecule has 0 radical (unpaired) electrons. The molecule has 2 aromatic rings. The molecule has 7 nitrogen and oxygen atoms in total. The summed E-state index contributed by atoms with van der Waals surface area (Å²) in [6, 6.07) is 11.6. The largest absolute Gasteiger partial charge is 0.497 e. The van der Waals surface area contributed by atoms with Crippen molar-refractivity contribution in [2.24, 2.45) is 0 Å². The fourth-order valence-corrected chi connectivity index (χ4v) is 3.74. The number of nitrogens with one attached hydrogen (secondary N) is 1. The van der Waals surface area contributed by atoms with Crippen LogP contribution in [0, 0.1) is 0 Å². The van der Waals surface area contributed by atoms with E-state index in [0.29, 0.717) is 35.7 Å². The standard InChI is InChI=1S/C26H32N2O5/c1-17-10-6-8-12-22(20-15-14-19(31-4)16-24(20)32-5)27-25(29)18(2)28(3)26(30)21-11-7-9-13-23(21)33-17/h6-9,11,13-18,22H,10,12H2,1-5H3,(H,27,29)/b8-6-/t17-,18-,22-/m0/s1. The minimum atomic E-state index is -0.693. The molecule has 33 heavy (non-hydrogen) atoms. The highest BCUT2D eigenvalue weighted by atomic mass is 16.5. The van der Waals surface area contributed by atoms with Crippen LogP contribution >= 0.6 is 0 Å². The Balaban J connectivity index is 1.96. The zero-order valence-electron chi connectivity index (χ0n) is 19.8. The smallest absolute Gasteiger partial charge is 0.258 e. The van der Waals surface area contributed by atoms with Gasteiger partial charge in [-0.1, -0.05) is 24.3 Å². The molecule has 2 aromatic carbocycles. The van der Waals surface area contributed by atoms with Crippen LogP contribution in [0.25, 0.3) is 0 Å². The summed E-state index contributed by atoms with van der Waals surface area (Å²) in [5.74, 6) is 1.27. The molecule has 1 aliphatic rings.